The summed E-state index contributed by atoms with van der Waals surface area (Å²) in [6, 6.07) is 1.60. The molecule has 1 rings (SSSR count). The molecule has 4 heteroatoms. The lowest BCUT2D eigenvalue weighted by atomic mass is 9.99. The Morgan fingerprint density at radius 2 is 2.19 bits per heavy atom. The minimum absolute atomic E-state index is 0.108. The molecule has 0 saturated carbocycles. The average molecular weight is 223 g/mol. The van der Waals surface area contributed by atoms with Gasteiger partial charge in [-0.3, -0.25) is 9.78 Å². The van der Waals surface area contributed by atoms with Crippen LogP contribution in [0, 0.1) is 5.92 Å². The van der Waals surface area contributed by atoms with Crippen LogP contribution in [0.25, 0.3) is 0 Å². The molecule has 1 N–H and O–H groups in total. The van der Waals surface area contributed by atoms with Crippen LogP contribution in [0.1, 0.15) is 31.1 Å². The Morgan fingerprint density at radius 3 is 2.75 bits per heavy atom. The fraction of sp³-hybridized carbons (Fsp3) is 0.500. The summed E-state index contributed by atoms with van der Waals surface area (Å²) < 4.78 is 5.24. The van der Waals surface area contributed by atoms with Crippen molar-refractivity contribution in [2.45, 2.75) is 26.9 Å². The van der Waals surface area contributed by atoms with Gasteiger partial charge < -0.3 is 9.84 Å². The molecule has 0 aliphatic rings. The molecule has 1 aromatic rings. The first kappa shape index (κ1) is 12.6. The number of aliphatic hydroxyl groups excluding tert-OH is 1. The quantitative estimate of drug-likeness (QED) is 0.771. The van der Waals surface area contributed by atoms with E-state index < -0.39 is 6.10 Å². The lowest BCUT2D eigenvalue weighted by Crippen LogP contribution is -2.26. The summed E-state index contributed by atoms with van der Waals surface area (Å²) in [7, 11) is 0. The van der Waals surface area contributed by atoms with E-state index in [1.54, 1.807) is 26.1 Å². The fourth-order valence-electron chi connectivity index (χ4n) is 1.27. The van der Waals surface area contributed by atoms with Crippen molar-refractivity contribution in [1.29, 1.82) is 0 Å². The van der Waals surface area contributed by atoms with Gasteiger partial charge in [0.25, 0.3) is 0 Å². The predicted molar refractivity (Wildman–Crippen MR) is 60.6 cm³/mol. The van der Waals surface area contributed by atoms with Gasteiger partial charge in [0, 0.05) is 11.8 Å². The Kier molecular flexibility index (Phi) is 4.43. The summed E-state index contributed by atoms with van der Waals surface area (Å²) in [5.41, 5.74) is 0.382. The van der Waals surface area contributed by atoms with Crippen molar-refractivity contribution in [3.05, 3.63) is 24.0 Å². The molecule has 0 saturated heterocycles. The van der Waals surface area contributed by atoms with E-state index in [1.165, 1.54) is 6.20 Å². The van der Waals surface area contributed by atoms with Crippen LogP contribution >= 0.6 is 0 Å². The van der Waals surface area contributed by atoms with Crippen molar-refractivity contribution in [1.82, 2.24) is 4.98 Å². The van der Waals surface area contributed by atoms with E-state index in [0.717, 1.165) is 0 Å². The van der Waals surface area contributed by atoms with E-state index in [-0.39, 0.29) is 11.7 Å². The number of rotatable bonds is 5. The van der Waals surface area contributed by atoms with Gasteiger partial charge >= 0.3 is 0 Å². The van der Waals surface area contributed by atoms with Gasteiger partial charge in [0.05, 0.1) is 12.8 Å². The zero-order chi connectivity index (χ0) is 12.1. The van der Waals surface area contributed by atoms with E-state index in [2.05, 4.69) is 4.98 Å². The molecule has 1 heterocycles. The normalized spacial score (nSPS) is 12.6. The van der Waals surface area contributed by atoms with E-state index in [4.69, 9.17) is 4.74 Å². The number of Topliss-reactive ketones (excluding diaryl/α,β-unsaturated/α-hetero) is 1. The number of aromatic nitrogens is 1. The molecule has 4 nitrogen and oxygen atoms in total. The largest absolute Gasteiger partial charge is 0.492 e. The Labute approximate surface area is 95.3 Å². The van der Waals surface area contributed by atoms with Gasteiger partial charge in [-0.05, 0) is 18.9 Å². The second-order valence-corrected chi connectivity index (χ2v) is 3.90. The SMILES string of the molecule is CCOc1cncc(C(=O)C(O)C(C)C)c1. The summed E-state index contributed by atoms with van der Waals surface area (Å²) >= 11 is 0. The number of nitrogens with zero attached hydrogens (tertiary/aromatic N) is 1. The molecule has 0 aliphatic carbocycles. The number of pyridine rings is 1. The molecule has 16 heavy (non-hydrogen) atoms. The molecule has 88 valence electrons. The van der Waals surface area contributed by atoms with Gasteiger partial charge in [-0.1, -0.05) is 13.8 Å². The first-order valence-electron chi connectivity index (χ1n) is 5.36. The predicted octanol–water partition coefficient (Wildman–Crippen LogP) is 1.68. The molecular formula is C12H17NO3. The molecule has 0 aliphatic heterocycles. The minimum Gasteiger partial charge on any atom is -0.492 e. The zero-order valence-corrected chi connectivity index (χ0v) is 9.80. The average Bonchev–Trinajstić information content (AvgIpc) is 2.28. The number of carbonyl (C=O) groups is 1. The summed E-state index contributed by atoms with van der Waals surface area (Å²) in [6.45, 7) is 5.97. The molecule has 1 aromatic heterocycles. The van der Waals surface area contributed by atoms with Crippen molar-refractivity contribution in [2.24, 2.45) is 5.92 Å². The standard InChI is InChI=1S/C12H17NO3/c1-4-16-10-5-9(6-13-7-10)12(15)11(14)8(2)3/h5-8,11,14H,4H2,1-3H3. The van der Waals surface area contributed by atoms with Crippen molar-refractivity contribution in [2.75, 3.05) is 6.61 Å². The van der Waals surface area contributed by atoms with Crippen molar-refractivity contribution in [3.63, 3.8) is 0 Å². The number of hydrogen-bond donors (Lipinski definition) is 1. The molecule has 1 atom stereocenters. The summed E-state index contributed by atoms with van der Waals surface area (Å²) in [5.74, 6) is 0.122. The Hall–Kier alpha value is -1.42. The molecule has 0 spiro atoms. The van der Waals surface area contributed by atoms with Crippen LogP contribution in [0.3, 0.4) is 0 Å². The number of hydrogen-bond acceptors (Lipinski definition) is 4. The minimum atomic E-state index is -0.987. The van der Waals surface area contributed by atoms with Gasteiger partial charge in [-0.15, -0.1) is 0 Å². The van der Waals surface area contributed by atoms with Crippen LogP contribution in [-0.2, 0) is 0 Å². The topological polar surface area (TPSA) is 59.4 Å². The third-order valence-electron chi connectivity index (χ3n) is 2.21. The molecule has 1 unspecified atom stereocenters. The van der Waals surface area contributed by atoms with Gasteiger partial charge in [-0.25, -0.2) is 0 Å². The molecule has 0 bridgehead atoms. The fourth-order valence-corrected chi connectivity index (χ4v) is 1.27. The maximum absolute atomic E-state index is 11.8. The van der Waals surface area contributed by atoms with E-state index in [0.29, 0.717) is 17.9 Å². The highest BCUT2D eigenvalue weighted by atomic mass is 16.5. The second-order valence-electron chi connectivity index (χ2n) is 3.90. The highest BCUT2D eigenvalue weighted by Crippen LogP contribution is 2.15. The third-order valence-corrected chi connectivity index (χ3v) is 2.21. The Bertz CT molecular complexity index is 363. The van der Waals surface area contributed by atoms with E-state index in [9.17, 15) is 9.90 Å². The van der Waals surface area contributed by atoms with Gasteiger partial charge in [-0.2, -0.15) is 0 Å². The van der Waals surface area contributed by atoms with Crippen molar-refractivity contribution in [3.8, 4) is 5.75 Å². The second kappa shape index (κ2) is 5.61. The maximum Gasteiger partial charge on any atom is 0.193 e. The third kappa shape index (κ3) is 3.03. The van der Waals surface area contributed by atoms with Crippen molar-refractivity contribution >= 4 is 5.78 Å². The summed E-state index contributed by atoms with van der Waals surface area (Å²) in [6.07, 6.45) is 2.00. The highest BCUT2D eigenvalue weighted by Gasteiger charge is 2.21. The van der Waals surface area contributed by atoms with Gasteiger partial charge in [0.1, 0.15) is 11.9 Å². The van der Waals surface area contributed by atoms with Crippen LogP contribution in [0.15, 0.2) is 18.5 Å². The number of aliphatic hydroxyl groups is 1. The van der Waals surface area contributed by atoms with Crippen LogP contribution in [0.2, 0.25) is 0 Å². The smallest absolute Gasteiger partial charge is 0.193 e. The van der Waals surface area contributed by atoms with Gasteiger partial charge in [0.2, 0.25) is 0 Å². The molecule has 0 amide bonds. The highest BCUT2D eigenvalue weighted by molar-refractivity contribution is 5.99. The van der Waals surface area contributed by atoms with Crippen LogP contribution in [0.4, 0.5) is 0 Å². The van der Waals surface area contributed by atoms with Gasteiger partial charge in [0.15, 0.2) is 5.78 Å². The zero-order valence-electron chi connectivity index (χ0n) is 9.80. The molecule has 0 fully saturated rings. The molecule has 0 aromatic carbocycles. The summed E-state index contributed by atoms with van der Waals surface area (Å²) in [5, 5.41) is 9.65. The number of carbonyl (C=O) groups excluding carboxylic acids is 1. The lowest BCUT2D eigenvalue weighted by molar-refractivity contribution is 0.0647. The molecular weight excluding hydrogens is 206 g/mol. The Balaban J connectivity index is 2.87. The summed E-state index contributed by atoms with van der Waals surface area (Å²) in [4.78, 5) is 15.7. The first-order valence-corrected chi connectivity index (χ1v) is 5.36. The van der Waals surface area contributed by atoms with Crippen LogP contribution in [-0.4, -0.2) is 28.6 Å². The van der Waals surface area contributed by atoms with Crippen molar-refractivity contribution < 1.29 is 14.6 Å². The molecule has 0 radical (unpaired) electrons. The number of ketones is 1. The van der Waals surface area contributed by atoms with E-state index in [1.807, 2.05) is 6.92 Å². The monoisotopic (exact) mass is 223 g/mol. The Morgan fingerprint density at radius 1 is 1.50 bits per heavy atom. The van der Waals surface area contributed by atoms with Crippen LogP contribution in [0.5, 0.6) is 5.75 Å². The first-order chi connectivity index (χ1) is 7.56. The maximum atomic E-state index is 11.8. The number of ether oxygens (including phenoxy) is 1. The van der Waals surface area contributed by atoms with Crippen LogP contribution < -0.4 is 4.74 Å². The van der Waals surface area contributed by atoms with E-state index >= 15 is 0 Å². The lowest BCUT2D eigenvalue weighted by Gasteiger charge is -2.13.